The van der Waals surface area contributed by atoms with Crippen molar-refractivity contribution in [2.75, 3.05) is 11.5 Å². The molecule has 3 rings (SSSR count). The minimum absolute atomic E-state index is 0.0967. The molecule has 0 fully saturated rings. The summed E-state index contributed by atoms with van der Waals surface area (Å²) in [6.45, 7) is 2.94. The summed E-state index contributed by atoms with van der Waals surface area (Å²) < 4.78 is 7.90. The molecule has 5 heteroatoms. The lowest BCUT2D eigenvalue weighted by Gasteiger charge is -2.08. The maximum Gasteiger partial charge on any atom is 0.153 e. The zero-order valence-electron chi connectivity index (χ0n) is 13.1. The molecule has 0 saturated carbocycles. The van der Waals surface area contributed by atoms with Crippen molar-refractivity contribution in [3.8, 4) is 22.7 Å². The molecule has 2 heterocycles. The standard InChI is InChI=1S/C18H20N2O2S/c1-2-23-11-10-20-13-19-17(14-6-4-3-5-7-14)18(20)16-9-8-15(12-21)22-16/h3-9,13,21H,2,10-12H2,1H3. The molecule has 0 aliphatic heterocycles. The van der Waals surface area contributed by atoms with Gasteiger partial charge in [0.15, 0.2) is 5.76 Å². The van der Waals surface area contributed by atoms with Crippen LogP contribution in [0.1, 0.15) is 12.7 Å². The van der Waals surface area contributed by atoms with Crippen LogP contribution >= 0.6 is 11.8 Å². The van der Waals surface area contributed by atoms with E-state index in [9.17, 15) is 5.11 Å². The van der Waals surface area contributed by atoms with Gasteiger partial charge in [-0.3, -0.25) is 0 Å². The van der Waals surface area contributed by atoms with Crippen molar-refractivity contribution in [1.29, 1.82) is 0 Å². The van der Waals surface area contributed by atoms with Crippen LogP contribution in [0.25, 0.3) is 22.7 Å². The van der Waals surface area contributed by atoms with Gasteiger partial charge in [0.05, 0.1) is 12.0 Å². The number of aliphatic hydroxyl groups excluding tert-OH is 1. The van der Waals surface area contributed by atoms with E-state index in [0.717, 1.165) is 40.8 Å². The van der Waals surface area contributed by atoms with Crippen LogP contribution in [0.5, 0.6) is 0 Å². The van der Waals surface area contributed by atoms with E-state index in [1.54, 1.807) is 0 Å². The number of furan rings is 1. The van der Waals surface area contributed by atoms with E-state index in [1.807, 2.05) is 60.6 Å². The fraction of sp³-hybridized carbons (Fsp3) is 0.278. The summed E-state index contributed by atoms with van der Waals surface area (Å²) in [5.41, 5.74) is 2.94. The van der Waals surface area contributed by atoms with Gasteiger partial charge >= 0.3 is 0 Å². The predicted molar refractivity (Wildman–Crippen MR) is 94.3 cm³/mol. The van der Waals surface area contributed by atoms with Gasteiger partial charge in [0.1, 0.15) is 18.1 Å². The number of hydrogen-bond donors (Lipinski definition) is 1. The first-order valence-corrected chi connectivity index (χ1v) is 8.87. The highest BCUT2D eigenvalue weighted by atomic mass is 32.2. The highest BCUT2D eigenvalue weighted by Crippen LogP contribution is 2.32. The third-order valence-corrected chi connectivity index (χ3v) is 4.50. The summed E-state index contributed by atoms with van der Waals surface area (Å²) in [6.07, 6.45) is 1.87. The zero-order chi connectivity index (χ0) is 16.1. The lowest BCUT2D eigenvalue weighted by molar-refractivity contribution is 0.248. The van der Waals surface area contributed by atoms with Gasteiger partial charge in [-0.25, -0.2) is 4.98 Å². The number of nitrogens with zero attached hydrogens (tertiary/aromatic N) is 2. The lowest BCUT2D eigenvalue weighted by Crippen LogP contribution is -2.01. The molecule has 0 atom stereocenters. The molecular weight excluding hydrogens is 308 g/mol. The van der Waals surface area contributed by atoms with Crippen molar-refractivity contribution in [1.82, 2.24) is 9.55 Å². The Morgan fingerprint density at radius 2 is 2.00 bits per heavy atom. The number of aryl methyl sites for hydroxylation is 1. The molecular formula is C18H20N2O2S. The third-order valence-electron chi connectivity index (χ3n) is 3.62. The predicted octanol–water partition coefficient (Wildman–Crippen LogP) is 4.06. The number of benzene rings is 1. The SMILES string of the molecule is CCSCCn1cnc(-c2ccccc2)c1-c1ccc(CO)o1. The van der Waals surface area contributed by atoms with Crippen LogP contribution in [0.4, 0.5) is 0 Å². The number of aliphatic hydroxyl groups is 1. The Balaban J connectivity index is 2.02. The molecule has 4 nitrogen and oxygen atoms in total. The van der Waals surface area contributed by atoms with Gasteiger partial charge in [0, 0.05) is 17.9 Å². The first kappa shape index (κ1) is 15.9. The molecule has 120 valence electrons. The van der Waals surface area contributed by atoms with Crippen LogP contribution in [0.2, 0.25) is 0 Å². The Kier molecular flexibility index (Phi) is 5.20. The average molecular weight is 328 g/mol. The third kappa shape index (κ3) is 3.51. The fourth-order valence-corrected chi connectivity index (χ4v) is 3.13. The van der Waals surface area contributed by atoms with Crippen molar-refractivity contribution < 1.29 is 9.52 Å². The maximum atomic E-state index is 9.26. The smallest absolute Gasteiger partial charge is 0.153 e. The minimum atomic E-state index is -0.0967. The summed E-state index contributed by atoms with van der Waals surface area (Å²) in [5, 5.41) is 9.26. The average Bonchev–Trinajstić information content (AvgIpc) is 3.22. The number of hydrogen-bond acceptors (Lipinski definition) is 4. The molecule has 1 N–H and O–H groups in total. The second kappa shape index (κ2) is 7.53. The van der Waals surface area contributed by atoms with Crippen molar-refractivity contribution in [3.63, 3.8) is 0 Å². The van der Waals surface area contributed by atoms with Crippen molar-refractivity contribution >= 4 is 11.8 Å². The molecule has 0 saturated heterocycles. The Labute approximate surface area is 140 Å². The molecule has 0 unspecified atom stereocenters. The molecule has 23 heavy (non-hydrogen) atoms. The summed E-state index contributed by atoms with van der Waals surface area (Å²) in [7, 11) is 0. The quantitative estimate of drug-likeness (QED) is 0.665. The van der Waals surface area contributed by atoms with Crippen LogP contribution < -0.4 is 0 Å². The van der Waals surface area contributed by atoms with Gasteiger partial charge in [-0.05, 0) is 17.9 Å². The van der Waals surface area contributed by atoms with Crippen LogP contribution in [-0.2, 0) is 13.2 Å². The molecule has 2 aromatic heterocycles. The van der Waals surface area contributed by atoms with E-state index in [0.29, 0.717) is 5.76 Å². The first-order valence-electron chi connectivity index (χ1n) is 7.71. The second-order valence-corrected chi connectivity index (χ2v) is 6.52. The van der Waals surface area contributed by atoms with Gasteiger partial charge in [-0.2, -0.15) is 11.8 Å². The molecule has 3 aromatic rings. The molecule has 0 radical (unpaired) electrons. The maximum absolute atomic E-state index is 9.26. The Hall–Kier alpha value is -1.98. The van der Waals surface area contributed by atoms with Crippen molar-refractivity contribution in [3.05, 3.63) is 54.6 Å². The van der Waals surface area contributed by atoms with Crippen molar-refractivity contribution in [2.45, 2.75) is 20.1 Å². The Morgan fingerprint density at radius 1 is 1.17 bits per heavy atom. The molecule has 1 aromatic carbocycles. The van der Waals surface area contributed by atoms with Crippen LogP contribution in [0, 0.1) is 0 Å². The summed E-state index contributed by atoms with van der Waals surface area (Å²) >= 11 is 1.90. The molecule has 0 spiro atoms. The summed E-state index contributed by atoms with van der Waals surface area (Å²) in [4.78, 5) is 4.61. The van der Waals surface area contributed by atoms with E-state index in [2.05, 4.69) is 16.5 Å². The zero-order valence-corrected chi connectivity index (χ0v) is 13.9. The number of aromatic nitrogens is 2. The van der Waals surface area contributed by atoms with Gasteiger partial charge in [-0.1, -0.05) is 37.3 Å². The van der Waals surface area contributed by atoms with Crippen molar-refractivity contribution in [2.24, 2.45) is 0 Å². The fourth-order valence-electron chi connectivity index (χ4n) is 2.51. The van der Waals surface area contributed by atoms with Gasteiger partial charge in [0.2, 0.25) is 0 Å². The van der Waals surface area contributed by atoms with E-state index in [1.165, 1.54) is 0 Å². The van der Waals surface area contributed by atoms with E-state index in [4.69, 9.17) is 4.42 Å². The van der Waals surface area contributed by atoms with Crippen LogP contribution in [0.15, 0.2) is 53.2 Å². The Bertz CT molecular complexity index is 749. The summed E-state index contributed by atoms with van der Waals surface area (Å²) in [5.74, 6) is 3.44. The first-order chi connectivity index (χ1) is 11.3. The normalized spacial score (nSPS) is 11.0. The molecule has 0 aliphatic carbocycles. The van der Waals surface area contributed by atoms with E-state index >= 15 is 0 Å². The number of imidazole rings is 1. The van der Waals surface area contributed by atoms with Crippen LogP contribution in [0.3, 0.4) is 0 Å². The molecule has 0 aliphatic rings. The highest BCUT2D eigenvalue weighted by molar-refractivity contribution is 7.99. The van der Waals surface area contributed by atoms with Gasteiger partial charge < -0.3 is 14.1 Å². The van der Waals surface area contributed by atoms with Crippen LogP contribution in [-0.4, -0.2) is 26.2 Å². The highest BCUT2D eigenvalue weighted by Gasteiger charge is 2.17. The largest absolute Gasteiger partial charge is 0.457 e. The topological polar surface area (TPSA) is 51.2 Å². The molecule has 0 amide bonds. The monoisotopic (exact) mass is 328 g/mol. The van der Waals surface area contributed by atoms with Gasteiger partial charge in [-0.15, -0.1) is 0 Å². The molecule has 0 bridgehead atoms. The van der Waals surface area contributed by atoms with E-state index < -0.39 is 0 Å². The number of thioether (sulfide) groups is 1. The second-order valence-electron chi connectivity index (χ2n) is 5.12. The minimum Gasteiger partial charge on any atom is -0.457 e. The van der Waals surface area contributed by atoms with Gasteiger partial charge in [0.25, 0.3) is 0 Å². The summed E-state index contributed by atoms with van der Waals surface area (Å²) in [6, 6.07) is 13.8. The van der Waals surface area contributed by atoms with E-state index in [-0.39, 0.29) is 6.61 Å². The lowest BCUT2D eigenvalue weighted by atomic mass is 10.1. The number of rotatable bonds is 7. The Morgan fingerprint density at radius 3 is 2.70 bits per heavy atom.